The lowest BCUT2D eigenvalue weighted by Crippen LogP contribution is -2.42. The van der Waals surface area contributed by atoms with Gasteiger partial charge in [-0.15, -0.1) is 11.3 Å². The number of hydrogen-bond acceptors (Lipinski definition) is 3. The highest BCUT2D eigenvalue weighted by atomic mass is 32.1. The molecule has 2 heterocycles. The van der Waals surface area contributed by atoms with E-state index in [0.29, 0.717) is 18.0 Å². The minimum absolute atomic E-state index is 0.531. The minimum Gasteiger partial charge on any atom is -0.317 e. The first kappa shape index (κ1) is 12.1. The Balaban J connectivity index is 1.97. The summed E-state index contributed by atoms with van der Waals surface area (Å²) >= 11 is 1.87. The summed E-state index contributed by atoms with van der Waals surface area (Å²) in [4.78, 5) is 1.48. The maximum Gasteiger partial charge on any atom is 0.0440 e. The number of piperidine rings is 1. The topological polar surface area (TPSA) is 24.1 Å². The normalized spacial score (nSPS) is 20.2. The molecule has 1 aromatic heterocycles. The van der Waals surface area contributed by atoms with Gasteiger partial charge in [0, 0.05) is 17.0 Å². The zero-order chi connectivity index (χ0) is 11.4. The third-order valence-corrected chi connectivity index (χ3v) is 4.23. The molecule has 2 nitrogen and oxygen atoms in total. The van der Waals surface area contributed by atoms with Gasteiger partial charge in [0.25, 0.3) is 0 Å². The lowest BCUT2D eigenvalue weighted by molar-refractivity contribution is 0.312. The van der Waals surface area contributed by atoms with Gasteiger partial charge in [0.15, 0.2) is 0 Å². The smallest absolute Gasteiger partial charge is 0.0440 e. The molecule has 0 amide bonds. The molecule has 1 aliphatic heterocycles. The Kier molecular flexibility index (Phi) is 4.38. The van der Waals surface area contributed by atoms with Crippen molar-refractivity contribution in [2.24, 2.45) is 5.92 Å². The highest BCUT2D eigenvalue weighted by Gasteiger charge is 2.21. The minimum atomic E-state index is 0.531. The van der Waals surface area contributed by atoms with E-state index in [4.69, 9.17) is 0 Å². The van der Waals surface area contributed by atoms with Crippen LogP contribution in [0, 0.1) is 5.92 Å². The van der Waals surface area contributed by atoms with Crippen molar-refractivity contribution in [2.75, 3.05) is 13.1 Å². The van der Waals surface area contributed by atoms with Gasteiger partial charge < -0.3 is 10.6 Å². The molecule has 1 aromatic rings. The SMILES string of the molecule is CC(C)C(NC1CCNCC1)c1cccs1. The van der Waals surface area contributed by atoms with Crippen LogP contribution in [0.25, 0.3) is 0 Å². The van der Waals surface area contributed by atoms with E-state index in [2.05, 4.69) is 42.0 Å². The number of thiophene rings is 1. The summed E-state index contributed by atoms with van der Waals surface area (Å²) in [6, 6.07) is 5.63. The van der Waals surface area contributed by atoms with Gasteiger partial charge in [-0.25, -0.2) is 0 Å². The zero-order valence-corrected chi connectivity index (χ0v) is 11.0. The number of nitrogens with one attached hydrogen (secondary N) is 2. The Labute approximate surface area is 102 Å². The molecule has 0 radical (unpaired) electrons. The zero-order valence-electron chi connectivity index (χ0n) is 10.2. The van der Waals surface area contributed by atoms with E-state index in [1.807, 2.05) is 11.3 Å². The summed E-state index contributed by atoms with van der Waals surface area (Å²) in [5, 5.41) is 9.42. The monoisotopic (exact) mass is 238 g/mol. The molecule has 0 spiro atoms. The molecule has 1 saturated heterocycles. The average molecular weight is 238 g/mol. The third-order valence-electron chi connectivity index (χ3n) is 3.27. The molecule has 90 valence electrons. The van der Waals surface area contributed by atoms with Crippen molar-refractivity contribution in [1.82, 2.24) is 10.6 Å². The van der Waals surface area contributed by atoms with Crippen LogP contribution in [0.5, 0.6) is 0 Å². The molecule has 0 saturated carbocycles. The maximum absolute atomic E-state index is 3.83. The number of hydrogen-bond donors (Lipinski definition) is 2. The van der Waals surface area contributed by atoms with Crippen molar-refractivity contribution in [2.45, 2.75) is 38.8 Å². The molecule has 1 atom stereocenters. The first-order valence-corrected chi connectivity index (χ1v) is 7.15. The second-order valence-electron chi connectivity index (χ2n) is 4.93. The van der Waals surface area contributed by atoms with Gasteiger partial charge in [-0.3, -0.25) is 0 Å². The summed E-state index contributed by atoms with van der Waals surface area (Å²) in [6.07, 6.45) is 2.52. The standard InChI is InChI=1S/C13H22N2S/c1-10(2)13(12-4-3-9-16-12)15-11-5-7-14-8-6-11/h3-4,9-11,13-15H,5-8H2,1-2H3. The quantitative estimate of drug-likeness (QED) is 0.843. The molecular weight excluding hydrogens is 216 g/mol. The maximum atomic E-state index is 3.83. The third kappa shape index (κ3) is 3.06. The molecule has 3 heteroatoms. The van der Waals surface area contributed by atoms with Crippen molar-refractivity contribution < 1.29 is 0 Å². The van der Waals surface area contributed by atoms with Gasteiger partial charge in [-0.1, -0.05) is 19.9 Å². The van der Waals surface area contributed by atoms with Crippen molar-refractivity contribution in [3.05, 3.63) is 22.4 Å². The van der Waals surface area contributed by atoms with E-state index in [0.717, 1.165) is 13.1 Å². The van der Waals surface area contributed by atoms with Crippen LogP contribution in [0.1, 0.15) is 37.6 Å². The summed E-state index contributed by atoms with van der Waals surface area (Å²) in [6.45, 7) is 6.93. The molecule has 0 bridgehead atoms. The Morgan fingerprint density at radius 2 is 2.12 bits per heavy atom. The highest BCUT2D eigenvalue weighted by Crippen LogP contribution is 2.27. The Bertz CT molecular complexity index is 289. The summed E-state index contributed by atoms with van der Waals surface area (Å²) in [7, 11) is 0. The highest BCUT2D eigenvalue weighted by molar-refractivity contribution is 7.10. The van der Waals surface area contributed by atoms with Gasteiger partial charge in [0.1, 0.15) is 0 Å². The molecule has 1 fully saturated rings. The van der Waals surface area contributed by atoms with E-state index in [1.165, 1.54) is 17.7 Å². The van der Waals surface area contributed by atoms with Crippen molar-refractivity contribution in [1.29, 1.82) is 0 Å². The number of rotatable bonds is 4. The second kappa shape index (κ2) is 5.80. The lowest BCUT2D eigenvalue weighted by Gasteiger charge is -2.30. The Hall–Kier alpha value is -0.380. The Morgan fingerprint density at radius 3 is 2.69 bits per heavy atom. The molecule has 0 aromatic carbocycles. The molecule has 2 rings (SSSR count). The van der Waals surface area contributed by atoms with Crippen molar-refractivity contribution in [3.63, 3.8) is 0 Å². The van der Waals surface area contributed by atoms with Gasteiger partial charge in [0.2, 0.25) is 0 Å². The van der Waals surface area contributed by atoms with E-state index >= 15 is 0 Å². The van der Waals surface area contributed by atoms with Crippen LogP contribution in [0.3, 0.4) is 0 Å². The fourth-order valence-electron chi connectivity index (χ4n) is 2.31. The van der Waals surface area contributed by atoms with Crippen LogP contribution in [0.4, 0.5) is 0 Å². The fraction of sp³-hybridized carbons (Fsp3) is 0.692. The van der Waals surface area contributed by atoms with Crippen molar-refractivity contribution in [3.8, 4) is 0 Å². The summed E-state index contributed by atoms with van der Waals surface area (Å²) in [5.41, 5.74) is 0. The lowest BCUT2D eigenvalue weighted by atomic mass is 9.98. The summed E-state index contributed by atoms with van der Waals surface area (Å²) < 4.78 is 0. The van der Waals surface area contributed by atoms with Crippen molar-refractivity contribution >= 4 is 11.3 Å². The fourth-order valence-corrected chi connectivity index (χ4v) is 3.27. The molecule has 0 aliphatic carbocycles. The predicted molar refractivity (Wildman–Crippen MR) is 70.9 cm³/mol. The van der Waals surface area contributed by atoms with Gasteiger partial charge in [-0.2, -0.15) is 0 Å². The largest absolute Gasteiger partial charge is 0.317 e. The van der Waals surface area contributed by atoms with Crippen LogP contribution in [0.2, 0.25) is 0 Å². The first-order chi connectivity index (χ1) is 7.77. The Morgan fingerprint density at radius 1 is 1.38 bits per heavy atom. The van der Waals surface area contributed by atoms with Crippen LogP contribution in [-0.2, 0) is 0 Å². The molecule has 1 unspecified atom stereocenters. The van der Waals surface area contributed by atoms with Gasteiger partial charge in [0.05, 0.1) is 0 Å². The first-order valence-electron chi connectivity index (χ1n) is 6.27. The molecule has 2 N–H and O–H groups in total. The van der Waals surface area contributed by atoms with Gasteiger partial charge in [-0.05, 0) is 43.3 Å². The molecule has 16 heavy (non-hydrogen) atoms. The van der Waals surface area contributed by atoms with Crippen LogP contribution in [-0.4, -0.2) is 19.1 Å². The van der Waals surface area contributed by atoms with E-state index < -0.39 is 0 Å². The second-order valence-corrected chi connectivity index (χ2v) is 5.91. The average Bonchev–Trinajstić information content (AvgIpc) is 2.80. The predicted octanol–water partition coefficient (Wildman–Crippen LogP) is 2.79. The molecule has 1 aliphatic rings. The van der Waals surface area contributed by atoms with Gasteiger partial charge >= 0.3 is 0 Å². The van der Waals surface area contributed by atoms with E-state index in [9.17, 15) is 0 Å². The van der Waals surface area contributed by atoms with E-state index in [1.54, 1.807) is 0 Å². The van der Waals surface area contributed by atoms with Crippen LogP contribution in [0.15, 0.2) is 17.5 Å². The van der Waals surface area contributed by atoms with Crippen LogP contribution < -0.4 is 10.6 Å². The van der Waals surface area contributed by atoms with E-state index in [-0.39, 0.29) is 0 Å². The molecular formula is C13H22N2S. The van der Waals surface area contributed by atoms with Crippen LogP contribution >= 0.6 is 11.3 Å². The summed E-state index contributed by atoms with van der Waals surface area (Å²) in [5.74, 6) is 0.661.